The van der Waals surface area contributed by atoms with Crippen LogP contribution < -0.4 is 0 Å². The van der Waals surface area contributed by atoms with Gasteiger partial charge in [-0.25, -0.2) is 0 Å². The van der Waals surface area contributed by atoms with Crippen LogP contribution in [-0.4, -0.2) is 66.9 Å². The van der Waals surface area contributed by atoms with Crippen molar-refractivity contribution in [3.63, 3.8) is 0 Å². The van der Waals surface area contributed by atoms with E-state index in [0.29, 0.717) is 11.1 Å². The number of rotatable bonds is 3. The summed E-state index contributed by atoms with van der Waals surface area (Å²) in [6, 6.07) is 3.71. The van der Waals surface area contributed by atoms with Gasteiger partial charge in [0, 0.05) is 32.7 Å². The standard InChI is InChI=1S/C17H26ClN3O2/c1-19-7-2-4-14(12-19)17(22)21-9-3-8-20(10-11-21)13-15-5-6-16(18)23-15/h5-6,14H,2-4,7-13H2,1H3. The van der Waals surface area contributed by atoms with E-state index in [2.05, 4.69) is 21.7 Å². The Morgan fingerprint density at radius 2 is 2.09 bits per heavy atom. The highest BCUT2D eigenvalue weighted by Gasteiger charge is 2.29. The highest BCUT2D eigenvalue weighted by atomic mass is 35.5. The Morgan fingerprint density at radius 1 is 1.22 bits per heavy atom. The molecule has 1 atom stereocenters. The van der Waals surface area contributed by atoms with E-state index in [-0.39, 0.29) is 5.92 Å². The first-order chi connectivity index (χ1) is 11.1. The Hall–Kier alpha value is -1.04. The number of carbonyl (C=O) groups is 1. The molecule has 0 aromatic carbocycles. The number of halogens is 1. The normalized spacial score (nSPS) is 24.6. The lowest BCUT2D eigenvalue weighted by molar-refractivity contribution is -0.137. The van der Waals surface area contributed by atoms with Gasteiger partial charge in [-0.15, -0.1) is 0 Å². The fourth-order valence-electron chi connectivity index (χ4n) is 3.63. The molecule has 23 heavy (non-hydrogen) atoms. The zero-order valence-corrected chi connectivity index (χ0v) is 14.6. The van der Waals surface area contributed by atoms with E-state index in [1.165, 1.54) is 0 Å². The van der Waals surface area contributed by atoms with Gasteiger partial charge in [-0.2, -0.15) is 0 Å². The van der Waals surface area contributed by atoms with Crippen molar-refractivity contribution in [1.82, 2.24) is 14.7 Å². The van der Waals surface area contributed by atoms with Crippen molar-refractivity contribution in [2.45, 2.75) is 25.8 Å². The van der Waals surface area contributed by atoms with E-state index < -0.39 is 0 Å². The van der Waals surface area contributed by atoms with Crippen LogP contribution in [0.1, 0.15) is 25.0 Å². The quantitative estimate of drug-likeness (QED) is 0.847. The molecule has 1 amide bonds. The van der Waals surface area contributed by atoms with Gasteiger partial charge < -0.3 is 14.2 Å². The minimum absolute atomic E-state index is 0.184. The Bertz CT molecular complexity index is 534. The minimum atomic E-state index is 0.184. The lowest BCUT2D eigenvalue weighted by atomic mass is 9.97. The number of nitrogens with zero attached hydrogens (tertiary/aromatic N) is 3. The fourth-order valence-corrected chi connectivity index (χ4v) is 3.79. The van der Waals surface area contributed by atoms with Crippen molar-refractivity contribution in [3.8, 4) is 0 Å². The molecule has 1 aromatic rings. The molecule has 1 unspecified atom stereocenters. The third-order valence-corrected chi connectivity index (χ3v) is 5.09. The predicted molar refractivity (Wildman–Crippen MR) is 90.4 cm³/mol. The van der Waals surface area contributed by atoms with Gasteiger partial charge in [0.1, 0.15) is 5.76 Å². The number of carbonyl (C=O) groups excluding carboxylic acids is 1. The fraction of sp³-hybridized carbons (Fsp3) is 0.706. The highest BCUT2D eigenvalue weighted by molar-refractivity contribution is 6.28. The molecule has 128 valence electrons. The molecule has 5 nitrogen and oxygen atoms in total. The lowest BCUT2D eigenvalue weighted by Crippen LogP contribution is -2.44. The molecule has 0 bridgehead atoms. The van der Waals surface area contributed by atoms with Crippen molar-refractivity contribution in [2.75, 3.05) is 46.3 Å². The summed E-state index contributed by atoms with van der Waals surface area (Å²) in [7, 11) is 2.11. The molecule has 3 rings (SSSR count). The maximum absolute atomic E-state index is 12.8. The van der Waals surface area contributed by atoms with Crippen LogP contribution in [0, 0.1) is 5.92 Å². The molecule has 6 heteroatoms. The van der Waals surface area contributed by atoms with Crippen molar-refractivity contribution in [3.05, 3.63) is 23.1 Å². The highest BCUT2D eigenvalue weighted by Crippen LogP contribution is 2.20. The molecule has 3 heterocycles. The van der Waals surface area contributed by atoms with Crippen LogP contribution in [0.4, 0.5) is 0 Å². The van der Waals surface area contributed by atoms with Crippen molar-refractivity contribution in [1.29, 1.82) is 0 Å². The van der Waals surface area contributed by atoms with E-state index in [1.54, 1.807) is 6.07 Å². The molecular formula is C17H26ClN3O2. The number of furan rings is 1. The second-order valence-corrected chi connectivity index (χ2v) is 7.13. The molecule has 2 fully saturated rings. The Morgan fingerprint density at radius 3 is 2.83 bits per heavy atom. The largest absolute Gasteiger partial charge is 0.448 e. The van der Waals surface area contributed by atoms with Gasteiger partial charge >= 0.3 is 0 Å². The molecule has 2 aliphatic heterocycles. The topological polar surface area (TPSA) is 39.9 Å². The summed E-state index contributed by atoms with van der Waals surface area (Å²) >= 11 is 5.83. The zero-order chi connectivity index (χ0) is 16.2. The summed E-state index contributed by atoms with van der Waals surface area (Å²) < 4.78 is 5.45. The van der Waals surface area contributed by atoms with Crippen LogP contribution in [0.3, 0.4) is 0 Å². The number of hydrogen-bond acceptors (Lipinski definition) is 4. The van der Waals surface area contributed by atoms with Crippen LogP contribution in [-0.2, 0) is 11.3 Å². The van der Waals surface area contributed by atoms with Crippen molar-refractivity contribution < 1.29 is 9.21 Å². The average molecular weight is 340 g/mol. The van der Waals surface area contributed by atoms with E-state index in [9.17, 15) is 4.79 Å². The van der Waals surface area contributed by atoms with E-state index in [1.807, 2.05) is 6.07 Å². The van der Waals surface area contributed by atoms with E-state index >= 15 is 0 Å². The number of likely N-dealkylation sites (tertiary alicyclic amines) is 1. The Labute approximate surface area is 143 Å². The van der Waals surface area contributed by atoms with Gasteiger partial charge in [0.05, 0.1) is 12.5 Å². The summed E-state index contributed by atoms with van der Waals surface area (Å²) in [6.45, 7) is 6.36. The van der Waals surface area contributed by atoms with Crippen LogP contribution in [0.25, 0.3) is 0 Å². The van der Waals surface area contributed by atoms with E-state index in [4.69, 9.17) is 16.0 Å². The number of amides is 1. The SMILES string of the molecule is CN1CCCC(C(=O)N2CCCN(Cc3ccc(Cl)o3)CC2)C1. The molecule has 0 N–H and O–H groups in total. The molecule has 0 spiro atoms. The maximum atomic E-state index is 12.8. The zero-order valence-electron chi connectivity index (χ0n) is 13.8. The second-order valence-electron chi connectivity index (χ2n) is 6.76. The molecule has 0 radical (unpaired) electrons. The average Bonchev–Trinajstić information content (AvgIpc) is 2.80. The predicted octanol–water partition coefficient (Wildman–Crippen LogP) is 2.31. The third-order valence-electron chi connectivity index (χ3n) is 4.88. The maximum Gasteiger partial charge on any atom is 0.227 e. The Balaban J connectivity index is 1.52. The minimum Gasteiger partial charge on any atom is -0.448 e. The van der Waals surface area contributed by atoms with Crippen LogP contribution in [0.5, 0.6) is 0 Å². The van der Waals surface area contributed by atoms with Gasteiger partial charge in [0.15, 0.2) is 5.22 Å². The first-order valence-electron chi connectivity index (χ1n) is 8.56. The van der Waals surface area contributed by atoms with Gasteiger partial charge in [0.25, 0.3) is 0 Å². The molecule has 1 aromatic heterocycles. The van der Waals surface area contributed by atoms with Gasteiger partial charge in [0.2, 0.25) is 5.91 Å². The summed E-state index contributed by atoms with van der Waals surface area (Å²) in [6.07, 6.45) is 3.18. The van der Waals surface area contributed by atoms with Crippen molar-refractivity contribution >= 4 is 17.5 Å². The van der Waals surface area contributed by atoms with Gasteiger partial charge in [-0.05, 0) is 56.6 Å². The van der Waals surface area contributed by atoms with Crippen LogP contribution in [0.15, 0.2) is 16.5 Å². The molecule has 0 aliphatic carbocycles. The van der Waals surface area contributed by atoms with Crippen molar-refractivity contribution in [2.24, 2.45) is 5.92 Å². The summed E-state index contributed by atoms with van der Waals surface area (Å²) in [5.74, 6) is 1.42. The van der Waals surface area contributed by atoms with Gasteiger partial charge in [-0.1, -0.05) is 0 Å². The summed E-state index contributed by atoms with van der Waals surface area (Å²) in [4.78, 5) is 19.5. The second kappa shape index (κ2) is 7.69. The first kappa shape index (κ1) is 16.8. The smallest absolute Gasteiger partial charge is 0.227 e. The van der Waals surface area contributed by atoms with E-state index in [0.717, 1.165) is 70.8 Å². The Kier molecular flexibility index (Phi) is 5.62. The summed E-state index contributed by atoms with van der Waals surface area (Å²) in [5.41, 5.74) is 0. The molecule has 2 saturated heterocycles. The molecule has 2 aliphatic rings. The van der Waals surface area contributed by atoms with Crippen LogP contribution >= 0.6 is 11.6 Å². The molecule has 0 saturated carbocycles. The lowest BCUT2D eigenvalue weighted by Gasteiger charge is -2.32. The first-order valence-corrected chi connectivity index (χ1v) is 8.93. The molecular weight excluding hydrogens is 314 g/mol. The summed E-state index contributed by atoms with van der Waals surface area (Å²) in [5, 5.41) is 0.438. The van der Waals surface area contributed by atoms with Crippen LogP contribution in [0.2, 0.25) is 5.22 Å². The van der Waals surface area contributed by atoms with Gasteiger partial charge in [-0.3, -0.25) is 9.69 Å². The monoisotopic (exact) mass is 339 g/mol. The number of piperidine rings is 1. The third kappa shape index (κ3) is 4.49. The number of hydrogen-bond donors (Lipinski definition) is 0.